The van der Waals surface area contributed by atoms with Crippen LogP contribution < -0.4 is 0 Å². The minimum absolute atomic E-state index is 0. The first-order valence-electron chi connectivity index (χ1n) is 33.6. The molecule has 0 aliphatic rings. The summed E-state index contributed by atoms with van der Waals surface area (Å²) in [6, 6.07) is 68.8. The molecule has 14 nitrogen and oxygen atoms in total. The van der Waals surface area contributed by atoms with E-state index in [1.54, 1.807) is 18.6 Å². The Morgan fingerprint density at radius 1 is 0.410 bits per heavy atom. The second-order valence-electron chi connectivity index (χ2n) is 27.0. The summed E-state index contributed by atoms with van der Waals surface area (Å²) >= 11 is 0. The molecule has 8 aromatic carbocycles. The number of hydrogen-bond acceptors (Lipinski definition) is 14. The van der Waals surface area contributed by atoms with Crippen LogP contribution in [0.1, 0.15) is 80.4 Å². The van der Waals surface area contributed by atoms with Crippen LogP contribution in [0.4, 0.5) is 0 Å². The van der Waals surface area contributed by atoms with Crippen LogP contribution in [0.2, 0.25) is 0 Å². The van der Waals surface area contributed by atoms with Crippen LogP contribution in [0.15, 0.2) is 255 Å². The molecule has 3 radical (unpaired) electrons. The molecule has 0 saturated carbocycles. The van der Waals surface area contributed by atoms with Crippen LogP contribution in [-0.4, -0.2) is 71.6 Å². The Bertz CT molecular complexity index is 5490. The van der Waals surface area contributed by atoms with Crippen LogP contribution in [0.25, 0.3) is 121 Å². The molecule has 7 aromatic heterocycles. The third-order valence-corrected chi connectivity index (χ3v) is 16.5. The summed E-state index contributed by atoms with van der Waals surface area (Å²) in [5, 5.41) is 30.8. The van der Waals surface area contributed by atoms with E-state index in [2.05, 4.69) is 102 Å². The molecule has 0 amide bonds. The molecule has 0 unspecified atom stereocenters. The fourth-order valence-corrected chi connectivity index (χ4v) is 10.2. The van der Waals surface area contributed by atoms with E-state index in [0.717, 1.165) is 93.0 Å². The Kier molecular flexibility index (Phi) is 29.7. The molecule has 537 valence electrons. The number of carbonyl (C=O) groups excluding carboxylic acids is 2. The molecule has 15 rings (SSSR count). The number of benzene rings is 8. The van der Waals surface area contributed by atoms with E-state index in [1.807, 2.05) is 258 Å². The fraction of sp³-hybridized carbons (Fsp3) is 0.182. The molecule has 7 heterocycles. The van der Waals surface area contributed by atoms with Crippen molar-refractivity contribution in [2.75, 3.05) is 0 Å². The zero-order valence-corrected chi connectivity index (χ0v) is 67.6. The monoisotopic (exact) mass is 1920 g/mol. The van der Waals surface area contributed by atoms with Crippen LogP contribution in [0.3, 0.4) is 0 Å². The number of pyridine rings is 4. The normalized spacial score (nSPS) is 11.3. The summed E-state index contributed by atoms with van der Waals surface area (Å²) in [5.41, 5.74) is 9.30. The van der Waals surface area contributed by atoms with Crippen molar-refractivity contribution in [1.29, 1.82) is 0 Å². The van der Waals surface area contributed by atoms with E-state index >= 15 is 0 Å². The van der Waals surface area contributed by atoms with Gasteiger partial charge < -0.3 is 15.2 Å². The maximum absolute atomic E-state index is 11.5. The van der Waals surface area contributed by atoms with Crippen molar-refractivity contribution in [3.05, 3.63) is 291 Å². The number of carbonyl (C=O) groups is 2. The van der Waals surface area contributed by atoms with Crippen molar-refractivity contribution in [2.24, 2.45) is 22.7 Å². The minimum Gasteiger partial charge on any atom is -0.512 e. The average molecular weight is 1920 g/mol. The molecular formula is C88H80Ir3N10O4-4. The molecule has 0 spiro atoms. The van der Waals surface area contributed by atoms with Gasteiger partial charge in [0, 0.05) is 200 Å². The number of rotatable bonds is 8. The standard InChI is InChI=1S/C19H14N3.2C17H10N3.C15H10N.C11H20O2.C9H16O2.3Ir/c1-12-3-4-14(9-13(12)2)19-21-11-16-6-5-15-10-20-8-7-17(15)18(16)22-19;1-2-4-12(5-3-1)17-19-11-15-14-8-9-18-10-13(14)6-7-16(15)20-17;1-2-4-12(5-3-1)17-19-11-14-7-6-13-10-18-9-8-15(13)16(14)20-17;1-2-7-13(8-3-1)15-14-9-5-4-6-12(14)10-11-16-15;1-10(2,3)8(12)7-9(13)11(4,5)6;1-6(2)8(10)5-9(11)7(3)4;;;/h3,5-11H,1-2H3;2*1-4,6-11H;1-7,9-11H;7,12H,1-6H3;5-7,10H,1-4H3;;;/q4*-1;;;;;. The van der Waals surface area contributed by atoms with Gasteiger partial charge in [-0.3, -0.25) is 54.4 Å². The van der Waals surface area contributed by atoms with Gasteiger partial charge in [0.25, 0.3) is 0 Å². The average Bonchev–Trinajstić information content (AvgIpc) is 0.792. The van der Waals surface area contributed by atoms with E-state index in [4.69, 9.17) is 9.97 Å². The quantitative estimate of drug-likeness (QED) is 0.0629. The number of ketones is 2. The zero-order valence-electron chi connectivity index (χ0n) is 60.4. The third-order valence-electron chi connectivity index (χ3n) is 16.5. The zero-order chi connectivity index (χ0) is 72.5. The van der Waals surface area contributed by atoms with E-state index in [1.165, 1.54) is 34.1 Å². The molecule has 0 bridgehead atoms. The van der Waals surface area contributed by atoms with Gasteiger partial charge in [0.05, 0.1) is 39.8 Å². The van der Waals surface area contributed by atoms with Crippen molar-refractivity contribution < 1.29 is 80.1 Å². The number of fused-ring (bicyclic) bond motifs is 10. The fourth-order valence-electron chi connectivity index (χ4n) is 10.2. The van der Waals surface area contributed by atoms with Crippen LogP contribution >= 0.6 is 0 Å². The Labute approximate surface area is 654 Å². The van der Waals surface area contributed by atoms with E-state index in [-0.39, 0.29) is 101 Å². The number of aliphatic hydroxyl groups excluding tert-OH is 2. The minimum atomic E-state index is -0.417. The van der Waals surface area contributed by atoms with E-state index in [0.29, 0.717) is 17.5 Å². The van der Waals surface area contributed by atoms with E-state index in [9.17, 15) is 19.8 Å². The molecule has 2 N–H and O–H groups in total. The molecule has 105 heavy (non-hydrogen) atoms. The summed E-state index contributed by atoms with van der Waals surface area (Å²) in [7, 11) is 0. The number of aryl methyl sites for hydroxylation is 2. The first-order valence-corrected chi connectivity index (χ1v) is 33.6. The van der Waals surface area contributed by atoms with Gasteiger partial charge in [0.1, 0.15) is 5.76 Å². The van der Waals surface area contributed by atoms with Gasteiger partial charge in [0.2, 0.25) is 0 Å². The van der Waals surface area contributed by atoms with Crippen LogP contribution in [-0.2, 0) is 69.9 Å². The predicted octanol–water partition coefficient (Wildman–Crippen LogP) is 20.6. The van der Waals surface area contributed by atoms with Gasteiger partial charge in [-0.1, -0.05) is 138 Å². The largest absolute Gasteiger partial charge is 0.512 e. The first-order chi connectivity index (χ1) is 49.0. The third kappa shape index (κ3) is 21.7. The molecule has 0 atom stereocenters. The second kappa shape index (κ2) is 38.0. The number of hydrogen-bond donors (Lipinski definition) is 2. The van der Waals surface area contributed by atoms with Crippen LogP contribution in [0.5, 0.6) is 0 Å². The molecule has 0 aliphatic carbocycles. The molecule has 15 aromatic rings. The second-order valence-corrected chi connectivity index (χ2v) is 27.0. The van der Waals surface area contributed by atoms with Crippen molar-refractivity contribution in [1.82, 2.24) is 49.8 Å². The maximum Gasteiger partial charge on any atom is 0.164 e. The Morgan fingerprint density at radius 2 is 0.886 bits per heavy atom. The van der Waals surface area contributed by atoms with Crippen molar-refractivity contribution in [3.8, 4) is 45.4 Å². The summed E-state index contributed by atoms with van der Waals surface area (Å²) in [5.74, 6) is 2.37. The maximum atomic E-state index is 11.5. The molecule has 0 aliphatic heterocycles. The smallest absolute Gasteiger partial charge is 0.164 e. The Morgan fingerprint density at radius 3 is 1.39 bits per heavy atom. The van der Waals surface area contributed by atoms with Gasteiger partial charge in [-0.15, -0.1) is 143 Å². The topological polar surface area (TPSA) is 203 Å². The molecule has 17 heteroatoms. The summed E-state index contributed by atoms with van der Waals surface area (Å²) < 4.78 is 0. The van der Waals surface area contributed by atoms with E-state index < -0.39 is 5.41 Å². The van der Waals surface area contributed by atoms with Crippen molar-refractivity contribution in [2.45, 2.75) is 83.1 Å². The number of aromatic nitrogens is 10. The Hall–Kier alpha value is -10.2. The molecule has 0 fully saturated rings. The summed E-state index contributed by atoms with van der Waals surface area (Å²) in [6.07, 6.45) is 21.1. The number of nitrogens with zero attached hydrogens (tertiary/aromatic N) is 10. The van der Waals surface area contributed by atoms with Gasteiger partial charge >= 0.3 is 0 Å². The van der Waals surface area contributed by atoms with Crippen molar-refractivity contribution >= 4 is 87.4 Å². The summed E-state index contributed by atoms with van der Waals surface area (Å²) in [6.45, 7) is 22.6. The molecule has 0 saturated heterocycles. The van der Waals surface area contributed by atoms with Crippen LogP contribution in [0, 0.1) is 60.8 Å². The number of allylic oxidation sites excluding steroid dienone is 4. The first kappa shape index (κ1) is 82.1. The van der Waals surface area contributed by atoms with Gasteiger partial charge in [0.15, 0.2) is 11.6 Å². The van der Waals surface area contributed by atoms with Gasteiger partial charge in [-0.05, 0) is 52.2 Å². The van der Waals surface area contributed by atoms with Crippen molar-refractivity contribution in [3.63, 3.8) is 0 Å². The molecular weight excluding hydrogens is 1840 g/mol. The number of aliphatic hydroxyl groups is 2. The van der Waals surface area contributed by atoms with Gasteiger partial charge in [-0.25, -0.2) is 0 Å². The SMILES string of the molecule is CC(C)(C)C(=O)C=C(O)C(C)(C)C.CC(C)C(=O)C=C(O)C(C)C.Cc1c[c-]c(-c2ncc3ccc4cnccc4c3n2)cc1C.[Ir].[Ir].[Ir].[c-]1ccccc1-c1ncc2c(ccc3cnccc32)n1.[c-]1ccccc1-c1ncc2ccc3cnccc3c2n1.[c-]1ccccc1-c1nccc2ccccc12. The predicted molar refractivity (Wildman–Crippen MR) is 413 cm³/mol. The van der Waals surface area contributed by atoms with Gasteiger partial charge in [-0.2, -0.15) is 0 Å². The Balaban J connectivity index is 0.000000178. The summed E-state index contributed by atoms with van der Waals surface area (Å²) in [4.78, 5) is 66.9.